The zero-order valence-electron chi connectivity index (χ0n) is 13.0. The van der Waals surface area contributed by atoms with Crippen molar-refractivity contribution in [2.75, 3.05) is 26.2 Å². The van der Waals surface area contributed by atoms with Crippen LogP contribution in [0.4, 0.5) is 0 Å². The molecule has 1 amide bonds. The highest BCUT2D eigenvalue weighted by Gasteiger charge is 2.26. The molecular formula is C17H26N2O2. The van der Waals surface area contributed by atoms with Crippen LogP contribution in [-0.2, 0) is 4.79 Å². The Morgan fingerprint density at radius 3 is 2.71 bits per heavy atom. The number of benzene rings is 1. The number of rotatable bonds is 5. The van der Waals surface area contributed by atoms with Gasteiger partial charge in [-0.2, -0.15) is 0 Å². The number of aliphatic hydroxyl groups is 1. The lowest BCUT2D eigenvalue weighted by Gasteiger charge is -2.30. The number of amides is 1. The van der Waals surface area contributed by atoms with Crippen LogP contribution in [0.5, 0.6) is 0 Å². The van der Waals surface area contributed by atoms with Crippen molar-refractivity contribution in [3.05, 3.63) is 35.4 Å². The molecule has 0 aromatic heterocycles. The predicted molar refractivity (Wildman–Crippen MR) is 84.0 cm³/mol. The van der Waals surface area contributed by atoms with Crippen LogP contribution in [0.25, 0.3) is 0 Å². The van der Waals surface area contributed by atoms with E-state index in [0.717, 1.165) is 31.5 Å². The van der Waals surface area contributed by atoms with Crippen molar-refractivity contribution in [2.45, 2.75) is 32.8 Å². The molecule has 1 aliphatic rings. The van der Waals surface area contributed by atoms with Gasteiger partial charge in [0, 0.05) is 13.1 Å². The van der Waals surface area contributed by atoms with Crippen molar-refractivity contribution in [2.24, 2.45) is 5.92 Å². The zero-order chi connectivity index (χ0) is 15.2. The first-order valence-corrected chi connectivity index (χ1v) is 7.86. The number of nitrogens with zero attached hydrogens (tertiary/aromatic N) is 1. The van der Waals surface area contributed by atoms with E-state index in [-0.39, 0.29) is 11.8 Å². The van der Waals surface area contributed by atoms with Crippen molar-refractivity contribution in [3.8, 4) is 0 Å². The molecule has 1 aromatic rings. The minimum atomic E-state index is -0.619. The van der Waals surface area contributed by atoms with Crippen molar-refractivity contribution in [1.29, 1.82) is 0 Å². The van der Waals surface area contributed by atoms with Crippen molar-refractivity contribution in [1.82, 2.24) is 10.2 Å². The number of nitrogens with one attached hydrogen (secondary N) is 1. The minimum Gasteiger partial charge on any atom is -0.387 e. The molecule has 4 heteroatoms. The number of carbonyl (C=O) groups is 1. The summed E-state index contributed by atoms with van der Waals surface area (Å²) in [7, 11) is 0. The number of aliphatic hydroxyl groups excluding tert-OH is 1. The Morgan fingerprint density at radius 2 is 2.14 bits per heavy atom. The largest absolute Gasteiger partial charge is 0.387 e. The van der Waals surface area contributed by atoms with Gasteiger partial charge in [0.15, 0.2) is 0 Å². The van der Waals surface area contributed by atoms with Crippen LogP contribution in [0.3, 0.4) is 0 Å². The van der Waals surface area contributed by atoms with E-state index in [4.69, 9.17) is 0 Å². The van der Waals surface area contributed by atoms with Crippen LogP contribution in [0.2, 0.25) is 0 Å². The molecule has 1 aliphatic heterocycles. The van der Waals surface area contributed by atoms with Crippen LogP contribution in [0, 0.1) is 12.8 Å². The average Bonchev–Trinajstić information content (AvgIpc) is 2.53. The fourth-order valence-corrected chi connectivity index (χ4v) is 2.80. The summed E-state index contributed by atoms with van der Waals surface area (Å²) in [6, 6.07) is 7.84. The zero-order valence-corrected chi connectivity index (χ0v) is 13.0. The molecule has 2 N–H and O–H groups in total. The van der Waals surface area contributed by atoms with Gasteiger partial charge in [-0.05, 0) is 38.8 Å². The molecule has 0 bridgehead atoms. The summed E-state index contributed by atoms with van der Waals surface area (Å²) in [6.45, 7) is 6.76. The van der Waals surface area contributed by atoms with E-state index in [1.54, 1.807) is 4.90 Å². The molecule has 21 heavy (non-hydrogen) atoms. The standard InChI is InChI=1S/C17H26N2O2/c1-3-19(17(21)15-5-4-10-18-11-15)12-16(20)14-8-6-13(2)7-9-14/h6-9,15-16,18,20H,3-5,10-12H2,1-2H3. The van der Waals surface area contributed by atoms with Gasteiger partial charge in [-0.15, -0.1) is 0 Å². The maximum Gasteiger partial charge on any atom is 0.227 e. The third-order valence-corrected chi connectivity index (χ3v) is 4.19. The van der Waals surface area contributed by atoms with E-state index in [2.05, 4.69) is 5.32 Å². The van der Waals surface area contributed by atoms with Gasteiger partial charge in [0.05, 0.1) is 18.6 Å². The third kappa shape index (κ3) is 4.29. The van der Waals surface area contributed by atoms with E-state index >= 15 is 0 Å². The van der Waals surface area contributed by atoms with Crippen LogP contribution < -0.4 is 5.32 Å². The normalized spacial score (nSPS) is 20.0. The second kappa shape index (κ2) is 7.57. The van der Waals surface area contributed by atoms with E-state index in [1.807, 2.05) is 38.1 Å². The van der Waals surface area contributed by atoms with E-state index in [0.29, 0.717) is 13.1 Å². The highest BCUT2D eigenvalue weighted by molar-refractivity contribution is 5.79. The molecule has 2 rings (SSSR count). The number of hydrogen-bond donors (Lipinski definition) is 2. The molecule has 1 heterocycles. The van der Waals surface area contributed by atoms with Gasteiger partial charge in [-0.1, -0.05) is 29.8 Å². The highest BCUT2D eigenvalue weighted by atomic mass is 16.3. The predicted octanol–water partition coefficient (Wildman–Crippen LogP) is 1.88. The molecule has 2 atom stereocenters. The Labute approximate surface area is 127 Å². The molecule has 1 aromatic carbocycles. The van der Waals surface area contributed by atoms with Crippen LogP contribution in [0.1, 0.15) is 37.0 Å². The maximum absolute atomic E-state index is 12.5. The van der Waals surface area contributed by atoms with Crippen LogP contribution in [0.15, 0.2) is 24.3 Å². The topological polar surface area (TPSA) is 52.6 Å². The van der Waals surface area contributed by atoms with Gasteiger partial charge < -0.3 is 15.3 Å². The SMILES string of the molecule is CCN(CC(O)c1ccc(C)cc1)C(=O)C1CCCNC1. The Hall–Kier alpha value is -1.39. The van der Waals surface area contributed by atoms with Crippen LogP contribution in [-0.4, -0.2) is 42.1 Å². The minimum absolute atomic E-state index is 0.0592. The Bertz CT molecular complexity index is 452. The molecule has 0 aliphatic carbocycles. The number of hydrogen-bond acceptors (Lipinski definition) is 3. The molecule has 2 unspecified atom stereocenters. The first-order valence-electron chi connectivity index (χ1n) is 7.86. The lowest BCUT2D eigenvalue weighted by atomic mass is 9.97. The summed E-state index contributed by atoms with van der Waals surface area (Å²) < 4.78 is 0. The van der Waals surface area contributed by atoms with E-state index in [1.165, 1.54) is 5.56 Å². The Balaban J connectivity index is 1.97. The van der Waals surface area contributed by atoms with Gasteiger partial charge in [0.25, 0.3) is 0 Å². The number of likely N-dealkylation sites (N-methyl/N-ethyl adjacent to an activating group) is 1. The number of piperidine rings is 1. The average molecular weight is 290 g/mol. The van der Waals surface area contributed by atoms with Crippen LogP contribution >= 0.6 is 0 Å². The van der Waals surface area contributed by atoms with Gasteiger partial charge in [-0.3, -0.25) is 4.79 Å². The summed E-state index contributed by atoms with van der Waals surface area (Å²) in [4.78, 5) is 14.3. The molecule has 0 saturated carbocycles. The van der Waals surface area contributed by atoms with Gasteiger partial charge in [-0.25, -0.2) is 0 Å². The molecule has 116 valence electrons. The molecule has 1 saturated heterocycles. The second-order valence-corrected chi connectivity index (χ2v) is 5.85. The second-order valence-electron chi connectivity index (χ2n) is 5.85. The fraction of sp³-hybridized carbons (Fsp3) is 0.588. The van der Waals surface area contributed by atoms with Gasteiger partial charge in [0.1, 0.15) is 0 Å². The summed E-state index contributed by atoms with van der Waals surface area (Å²) >= 11 is 0. The fourth-order valence-electron chi connectivity index (χ4n) is 2.80. The van der Waals surface area contributed by atoms with Gasteiger partial charge in [0.2, 0.25) is 5.91 Å². The summed E-state index contributed by atoms with van der Waals surface area (Å²) in [5.74, 6) is 0.222. The molecule has 0 radical (unpaired) electrons. The molecule has 4 nitrogen and oxygen atoms in total. The number of carbonyl (C=O) groups excluding carboxylic acids is 1. The first-order chi connectivity index (χ1) is 10.1. The van der Waals surface area contributed by atoms with Crippen molar-refractivity contribution >= 4 is 5.91 Å². The Morgan fingerprint density at radius 1 is 1.43 bits per heavy atom. The quantitative estimate of drug-likeness (QED) is 0.870. The number of aryl methyl sites for hydroxylation is 1. The van der Waals surface area contributed by atoms with E-state index in [9.17, 15) is 9.90 Å². The lowest BCUT2D eigenvalue weighted by molar-refractivity contribution is -0.137. The summed E-state index contributed by atoms with van der Waals surface area (Å²) in [5.41, 5.74) is 2.04. The summed E-state index contributed by atoms with van der Waals surface area (Å²) in [6.07, 6.45) is 1.38. The molecule has 0 spiro atoms. The first kappa shape index (κ1) is 16.0. The summed E-state index contributed by atoms with van der Waals surface area (Å²) in [5, 5.41) is 13.6. The van der Waals surface area contributed by atoms with Crippen molar-refractivity contribution in [3.63, 3.8) is 0 Å². The third-order valence-electron chi connectivity index (χ3n) is 4.19. The van der Waals surface area contributed by atoms with Crippen molar-refractivity contribution < 1.29 is 9.90 Å². The Kier molecular flexibility index (Phi) is 5.76. The lowest BCUT2D eigenvalue weighted by Crippen LogP contribution is -2.44. The van der Waals surface area contributed by atoms with Gasteiger partial charge >= 0.3 is 0 Å². The smallest absolute Gasteiger partial charge is 0.227 e. The molecular weight excluding hydrogens is 264 g/mol. The monoisotopic (exact) mass is 290 g/mol. The molecule has 1 fully saturated rings. The maximum atomic E-state index is 12.5. The van der Waals surface area contributed by atoms with E-state index < -0.39 is 6.10 Å². The highest BCUT2D eigenvalue weighted by Crippen LogP contribution is 2.18.